The van der Waals surface area contributed by atoms with Crippen LogP contribution in [0.15, 0.2) is 16.7 Å². The lowest BCUT2D eigenvalue weighted by Crippen LogP contribution is -2.31. The van der Waals surface area contributed by atoms with E-state index in [2.05, 4.69) is 32.7 Å². The average Bonchev–Trinajstić information content (AvgIpc) is 2.70. The average molecular weight is 290 g/mol. The second-order valence-electron chi connectivity index (χ2n) is 3.91. The van der Waals surface area contributed by atoms with Crippen LogP contribution in [-0.2, 0) is 0 Å². The third kappa shape index (κ3) is 2.13. The van der Waals surface area contributed by atoms with Gasteiger partial charge in [0.1, 0.15) is 5.82 Å². The number of rotatable bonds is 2. The highest BCUT2D eigenvalue weighted by Gasteiger charge is 2.26. The number of aromatic nitrogens is 1. The fourth-order valence-electron chi connectivity index (χ4n) is 2.00. The number of hydrogen-bond donors (Lipinski definition) is 0. The van der Waals surface area contributed by atoms with Gasteiger partial charge in [-0.2, -0.15) is 0 Å². The Kier molecular flexibility index (Phi) is 3.52. The van der Waals surface area contributed by atoms with Crippen LogP contribution in [-0.4, -0.2) is 23.5 Å². The Hall–Kier alpha value is -0.280. The highest BCUT2D eigenvalue weighted by molar-refractivity contribution is 9.10. The summed E-state index contributed by atoms with van der Waals surface area (Å²) in [5.41, 5.74) is 1.22. The van der Waals surface area contributed by atoms with Crippen molar-refractivity contribution in [2.45, 2.75) is 25.8 Å². The minimum atomic E-state index is 0.442. The molecule has 15 heavy (non-hydrogen) atoms. The third-order valence-corrected chi connectivity index (χ3v) is 4.23. The number of anilines is 1. The predicted octanol–water partition coefficient (Wildman–Crippen LogP) is 3.36. The van der Waals surface area contributed by atoms with Crippen LogP contribution in [0.25, 0.3) is 0 Å². The lowest BCUT2D eigenvalue weighted by Gasteiger charge is -2.25. The normalized spacial score (nSPS) is 21.0. The molecule has 1 atom stereocenters. The summed E-state index contributed by atoms with van der Waals surface area (Å²) in [5, 5.41) is 0. The monoisotopic (exact) mass is 288 g/mol. The molecule has 0 N–H and O–H groups in total. The van der Waals surface area contributed by atoms with Crippen molar-refractivity contribution in [3.8, 4) is 0 Å². The molecule has 0 spiro atoms. The fraction of sp³-hybridized carbons (Fsp3) is 0.545. The Morgan fingerprint density at radius 3 is 3.20 bits per heavy atom. The van der Waals surface area contributed by atoms with Crippen LogP contribution in [0.4, 0.5) is 5.82 Å². The van der Waals surface area contributed by atoms with E-state index in [1.54, 1.807) is 0 Å². The lowest BCUT2D eigenvalue weighted by molar-refractivity contribution is 0.732. The maximum Gasteiger partial charge on any atom is 0.143 e. The van der Waals surface area contributed by atoms with Crippen molar-refractivity contribution < 1.29 is 0 Å². The standard InChI is InChI=1S/C11H14BrClN2/c1-8-4-5-14-11(10(8)12)15-6-2-3-9(15)7-13/h4-5,9H,2-3,6-7H2,1H3. The lowest BCUT2D eigenvalue weighted by atomic mass is 10.2. The molecule has 4 heteroatoms. The zero-order valence-electron chi connectivity index (χ0n) is 8.71. The summed E-state index contributed by atoms with van der Waals surface area (Å²) in [5.74, 6) is 1.72. The summed E-state index contributed by atoms with van der Waals surface area (Å²) < 4.78 is 1.10. The third-order valence-electron chi connectivity index (χ3n) is 2.89. The Morgan fingerprint density at radius 2 is 2.47 bits per heavy atom. The van der Waals surface area contributed by atoms with E-state index < -0.39 is 0 Å². The van der Waals surface area contributed by atoms with Crippen LogP contribution >= 0.6 is 27.5 Å². The van der Waals surface area contributed by atoms with Crippen molar-refractivity contribution in [2.24, 2.45) is 0 Å². The summed E-state index contributed by atoms with van der Waals surface area (Å²) in [4.78, 5) is 6.75. The van der Waals surface area contributed by atoms with Gasteiger partial charge in [0, 0.05) is 24.7 Å². The van der Waals surface area contributed by atoms with E-state index >= 15 is 0 Å². The maximum absolute atomic E-state index is 5.96. The van der Waals surface area contributed by atoms with Gasteiger partial charge in [0.25, 0.3) is 0 Å². The summed E-state index contributed by atoms with van der Waals surface area (Å²) in [7, 11) is 0. The first-order chi connectivity index (χ1) is 7.24. The summed E-state index contributed by atoms with van der Waals surface area (Å²) >= 11 is 9.56. The van der Waals surface area contributed by atoms with Crippen molar-refractivity contribution in [3.05, 3.63) is 22.3 Å². The van der Waals surface area contributed by atoms with E-state index in [-0.39, 0.29) is 0 Å². The summed E-state index contributed by atoms with van der Waals surface area (Å²) in [6.45, 7) is 3.15. The smallest absolute Gasteiger partial charge is 0.143 e. The van der Waals surface area contributed by atoms with E-state index in [0.29, 0.717) is 11.9 Å². The second kappa shape index (κ2) is 4.71. The van der Waals surface area contributed by atoms with Gasteiger partial charge < -0.3 is 4.90 Å². The molecule has 1 aromatic rings. The van der Waals surface area contributed by atoms with Gasteiger partial charge in [-0.15, -0.1) is 11.6 Å². The summed E-state index contributed by atoms with van der Waals surface area (Å²) in [6.07, 6.45) is 4.24. The number of pyridine rings is 1. The molecule has 1 aliphatic rings. The molecule has 1 aliphatic heterocycles. The fourth-order valence-corrected chi connectivity index (χ4v) is 2.78. The molecule has 0 bridgehead atoms. The highest BCUT2D eigenvalue weighted by Crippen LogP contribution is 2.32. The van der Waals surface area contributed by atoms with E-state index in [0.717, 1.165) is 16.8 Å². The van der Waals surface area contributed by atoms with E-state index in [1.165, 1.54) is 18.4 Å². The van der Waals surface area contributed by atoms with Crippen molar-refractivity contribution in [1.82, 2.24) is 4.98 Å². The van der Waals surface area contributed by atoms with Gasteiger partial charge in [-0.05, 0) is 47.3 Å². The van der Waals surface area contributed by atoms with Crippen molar-refractivity contribution in [2.75, 3.05) is 17.3 Å². The molecule has 1 saturated heterocycles. The first-order valence-electron chi connectivity index (χ1n) is 5.17. The number of aryl methyl sites for hydroxylation is 1. The molecule has 2 rings (SSSR count). The molecule has 2 heterocycles. The van der Waals surface area contributed by atoms with E-state index in [1.807, 2.05) is 12.3 Å². The minimum absolute atomic E-state index is 0.442. The first kappa shape index (κ1) is 11.2. The van der Waals surface area contributed by atoms with Crippen LogP contribution in [0.5, 0.6) is 0 Å². The molecular formula is C11H14BrClN2. The van der Waals surface area contributed by atoms with E-state index in [4.69, 9.17) is 11.6 Å². The molecule has 0 radical (unpaired) electrons. The molecule has 0 amide bonds. The molecular weight excluding hydrogens is 275 g/mol. The van der Waals surface area contributed by atoms with Crippen molar-refractivity contribution in [3.63, 3.8) is 0 Å². The number of halogens is 2. The Morgan fingerprint density at radius 1 is 1.67 bits per heavy atom. The second-order valence-corrected chi connectivity index (χ2v) is 5.01. The Balaban J connectivity index is 2.32. The van der Waals surface area contributed by atoms with E-state index in [9.17, 15) is 0 Å². The number of nitrogens with zero attached hydrogens (tertiary/aromatic N) is 2. The zero-order chi connectivity index (χ0) is 10.8. The number of hydrogen-bond acceptors (Lipinski definition) is 2. The van der Waals surface area contributed by atoms with Crippen LogP contribution < -0.4 is 4.90 Å². The minimum Gasteiger partial charge on any atom is -0.351 e. The molecule has 1 unspecified atom stereocenters. The van der Waals surface area contributed by atoms with Gasteiger partial charge in [-0.1, -0.05) is 0 Å². The topological polar surface area (TPSA) is 16.1 Å². The SMILES string of the molecule is Cc1ccnc(N2CCCC2CCl)c1Br. The van der Waals surface area contributed by atoms with Crippen LogP contribution in [0.3, 0.4) is 0 Å². The predicted molar refractivity (Wildman–Crippen MR) is 67.8 cm³/mol. The quantitative estimate of drug-likeness (QED) is 0.776. The van der Waals surface area contributed by atoms with Gasteiger partial charge in [0.15, 0.2) is 0 Å². The molecule has 0 aromatic carbocycles. The van der Waals surface area contributed by atoms with Gasteiger partial charge in [0.2, 0.25) is 0 Å². The van der Waals surface area contributed by atoms with Crippen molar-refractivity contribution >= 4 is 33.3 Å². The van der Waals surface area contributed by atoms with Crippen LogP contribution in [0, 0.1) is 6.92 Å². The van der Waals surface area contributed by atoms with Crippen LogP contribution in [0.2, 0.25) is 0 Å². The zero-order valence-corrected chi connectivity index (χ0v) is 11.1. The molecule has 0 aliphatic carbocycles. The molecule has 0 saturated carbocycles. The Bertz CT molecular complexity index is 356. The largest absolute Gasteiger partial charge is 0.351 e. The van der Waals surface area contributed by atoms with Gasteiger partial charge >= 0.3 is 0 Å². The molecule has 1 aromatic heterocycles. The first-order valence-corrected chi connectivity index (χ1v) is 6.50. The van der Waals surface area contributed by atoms with Gasteiger partial charge in [0.05, 0.1) is 4.47 Å². The van der Waals surface area contributed by atoms with Crippen molar-refractivity contribution in [1.29, 1.82) is 0 Å². The highest BCUT2D eigenvalue weighted by atomic mass is 79.9. The van der Waals surface area contributed by atoms with Crippen LogP contribution in [0.1, 0.15) is 18.4 Å². The molecule has 1 fully saturated rings. The Labute approximate surface area is 104 Å². The van der Waals surface area contributed by atoms with Gasteiger partial charge in [-0.25, -0.2) is 4.98 Å². The maximum atomic E-state index is 5.96. The summed E-state index contributed by atoms with van der Waals surface area (Å²) in [6, 6.07) is 2.46. The van der Waals surface area contributed by atoms with Gasteiger partial charge in [-0.3, -0.25) is 0 Å². The molecule has 82 valence electrons. The number of alkyl halides is 1. The molecule has 2 nitrogen and oxygen atoms in total.